The van der Waals surface area contributed by atoms with Gasteiger partial charge in [0.05, 0.1) is 13.2 Å². The van der Waals surface area contributed by atoms with Crippen molar-refractivity contribution < 1.29 is 9.47 Å². The summed E-state index contributed by atoms with van der Waals surface area (Å²) >= 11 is 0. The molecular weight excluding hydrogens is 416 g/mol. The molecule has 0 aromatic heterocycles. The van der Waals surface area contributed by atoms with Crippen LogP contribution in [0.2, 0.25) is 0 Å². The highest BCUT2D eigenvalue weighted by Gasteiger charge is 2.63. The highest BCUT2D eigenvalue weighted by Crippen LogP contribution is 2.70. The van der Waals surface area contributed by atoms with Crippen LogP contribution in [0.25, 0.3) is 0 Å². The Morgan fingerprint density at radius 1 is 0.882 bits per heavy atom. The van der Waals surface area contributed by atoms with E-state index in [1.165, 1.54) is 75.4 Å². The molecule has 5 aliphatic rings. The van der Waals surface area contributed by atoms with Crippen LogP contribution in [0.15, 0.2) is 11.1 Å². The molecule has 4 aliphatic carbocycles. The number of rotatable bonds is 5. The molecule has 5 rings (SSSR count). The van der Waals surface area contributed by atoms with Gasteiger partial charge in [-0.25, -0.2) is 0 Å². The Bertz CT molecular complexity index is 772. The zero-order chi connectivity index (χ0) is 24.3. The summed E-state index contributed by atoms with van der Waals surface area (Å²) in [4.78, 5) is 0. The van der Waals surface area contributed by atoms with Crippen molar-refractivity contribution in [3.8, 4) is 0 Å². The Morgan fingerprint density at radius 3 is 2.26 bits per heavy atom. The van der Waals surface area contributed by atoms with Crippen LogP contribution in [0.5, 0.6) is 0 Å². The molecule has 0 aromatic carbocycles. The van der Waals surface area contributed by atoms with Gasteiger partial charge in [-0.15, -0.1) is 0 Å². The number of allylic oxidation sites excluding steroid dienone is 1. The highest BCUT2D eigenvalue weighted by atomic mass is 16.7. The zero-order valence-corrected chi connectivity index (χ0v) is 23.6. The van der Waals surface area contributed by atoms with Gasteiger partial charge >= 0.3 is 0 Å². The second-order valence-corrected chi connectivity index (χ2v) is 14.5. The first kappa shape index (κ1) is 25.3. The Morgan fingerprint density at radius 2 is 1.59 bits per heavy atom. The van der Waals surface area contributed by atoms with Gasteiger partial charge in [-0.3, -0.25) is 0 Å². The molecule has 1 heterocycles. The molecule has 1 saturated heterocycles. The molecule has 8 atom stereocenters. The lowest BCUT2D eigenvalue weighted by atomic mass is 9.43. The molecule has 0 amide bonds. The molecule has 0 N–H and O–H groups in total. The van der Waals surface area contributed by atoms with Crippen molar-refractivity contribution in [1.29, 1.82) is 0 Å². The molecule has 194 valence electrons. The van der Waals surface area contributed by atoms with Crippen molar-refractivity contribution in [3.05, 3.63) is 11.1 Å². The van der Waals surface area contributed by atoms with Gasteiger partial charge in [0.1, 0.15) is 0 Å². The summed E-state index contributed by atoms with van der Waals surface area (Å²) in [6.45, 7) is 18.9. The molecular formula is C32H54O2. The van der Waals surface area contributed by atoms with Crippen LogP contribution in [0.3, 0.4) is 0 Å². The summed E-state index contributed by atoms with van der Waals surface area (Å²) in [5.41, 5.74) is 3.97. The third-order valence-electron chi connectivity index (χ3n) is 12.2. The predicted molar refractivity (Wildman–Crippen MR) is 141 cm³/mol. The van der Waals surface area contributed by atoms with Crippen molar-refractivity contribution in [2.24, 2.45) is 52.3 Å². The first-order valence-electron chi connectivity index (χ1n) is 15.1. The van der Waals surface area contributed by atoms with Crippen molar-refractivity contribution in [2.75, 3.05) is 13.2 Å². The Balaban J connectivity index is 1.35. The molecule has 1 aliphatic heterocycles. The summed E-state index contributed by atoms with van der Waals surface area (Å²) in [6.07, 6.45) is 15.4. The van der Waals surface area contributed by atoms with Crippen LogP contribution in [0.1, 0.15) is 119 Å². The fourth-order valence-corrected chi connectivity index (χ4v) is 10.4. The maximum absolute atomic E-state index is 6.38. The fraction of sp³-hybridized carbons (Fsp3) is 0.938. The number of hydrogen-bond donors (Lipinski definition) is 0. The second kappa shape index (κ2) is 9.20. The largest absolute Gasteiger partial charge is 0.344 e. The number of hydrogen-bond acceptors (Lipinski definition) is 2. The third kappa shape index (κ3) is 3.96. The van der Waals surface area contributed by atoms with Crippen molar-refractivity contribution in [3.63, 3.8) is 0 Å². The third-order valence-corrected chi connectivity index (χ3v) is 12.2. The van der Waals surface area contributed by atoms with Crippen LogP contribution in [-0.2, 0) is 9.47 Å². The first-order chi connectivity index (χ1) is 16.1. The van der Waals surface area contributed by atoms with Gasteiger partial charge in [0.25, 0.3) is 0 Å². The maximum Gasteiger partial charge on any atom is 0.191 e. The van der Waals surface area contributed by atoms with Gasteiger partial charge < -0.3 is 9.47 Å². The van der Waals surface area contributed by atoms with Crippen molar-refractivity contribution in [1.82, 2.24) is 0 Å². The molecule has 4 saturated carbocycles. The minimum atomic E-state index is -0.386. The van der Waals surface area contributed by atoms with Crippen LogP contribution >= 0.6 is 0 Å². The summed E-state index contributed by atoms with van der Waals surface area (Å²) in [5, 5.41) is 0. The van der Waals surface area contributed by atoms with Gasteiger partial charge in [-0.1, -0.05) is 59.5 Å². The molecule has 0 bridgehead atoms. The lowest BCUT2D eigenvalue weighted by molar-refractivity contribution is -0.197. The van der Waals surface area contributed by atoms with E-state index in [1.54, 1.807) is 0 Å². The van der Waals surface area contributed by atoms with Crippen LogP contribution in [0, 0.1) is 52.3 Å². The predicted octanol–water partition coefficient (Wildman–Crippen LogP) is 8.80. The fourth-order valence-electron chi connectivity index (χ4n) is 10.4. The van der Waals surface area contributed by atoms with Gasteiger partial charge in [0.15, 0.2) is 5.79 Å². The average Bonchev–Trinajstić information content (AvgIpc) is 3.38. The summed E-state index contributed by atoms with van der Waals surface area (Å²) < 4.78 is 12.8. The van der Waals surface area contributed by atoms with Crippen LogP contribution < -0.4 is 0 Å². The van der Waals surface area contributed by atoms with Crippen molar-refractivity contribution in [2.45, 2.75) is 125 Å². The van der Waals surface area contributed by atoms with Crippen LogP contribution in [0.4, 0.5) is 0 Å². The number of ether oxygens (including phenoxy) is 2. The normalized spacial score (nSPS) is 44.1. The smallest absolute Gasteiger partial charge is 0.191 e. The van der Waals surface area contributed by atoms with Gasteiger partial charge in [-0.05, 0) is 117 Å². The maximum atomic E-state index is 6.38. The minimum Gasteiger partial charge on any atom is -0.344 e. The van der Waals surface area contributed by atoms with E-state index < -0.39 is 0 Å². The number of fused-ring (bicyclic) bond motifs is 5. The molecule has 34 heavy (non-hydrogen) atoms. The average molecular weight is 471 g/mol. The first-order valence-corrected chi connectivity index (χ1v) is 15.1. The van der Waals surface area contributed by atoms with Crippen molar-refractivity contribution >= 4 is 0 Å². The molecule has 1 spiro atoms. The molecule has 0 radical (unpaired) electrons. The van der Waals surface area contributed by atoms with Crippen LogP contribution in [-0.4, -0.2) is 19.0 Å². The standard InChI is InChI=1S/C32H54O2/c1-21(2)9-8-10-23(5)26-13-14-27-25-12-11-24-19-32(33-17-18-34-32)29(22(3)4)20-31(24,7)28(25)15-16-30(26,27)6/h21,23-28H,8-20H2,1-7H3/t23-,24+,25+,26-,27+,28+,30-,31+/m1/s1. The molecule has 5 fully saturated rings. The van der Waals surface area contributed by atoms with Gasteiger partial charge in [0.2, 0.25) is 0 Å². The SMILES string of the molecule is CC(C)=C1C[C@@]2(C)[C@@H](CC[C@@H]3[C@@H]2CC[C@]2(C)[C@@H]([C@H](C)CCCC(C)C)CC[C@@H]32)CC12OCCO2. The van der Waals surface area contributed by atoms with Gasteiger partial charge in [0, 0.05) is 6.42 Å². The summed E-state index contributed by atoms with van der Waals surface area (Å²) in [5.74, 6) is 5.89. The van der Waals surface area contributed by atoms with E-state index in [2.05, 4.69) is 48.5 Å². The van der Waals surface area contributed by atoms with E-state index in [-0.39, 0.29) is 5.79 Å². The quantitative estimate of drug-likeness (QED) is 0.374. The lowest BCUT2D eigenvalue weighted by Gasteiger charge is -2.62. The Labute approximate surface area is 211 Å². The van der Waals surface area contributed by atoms with E-state index in [1.807, 2.05) is 0 Å². The van der Waals surface area contributed by atoms with E-state index >= 15 is 0 Å². The Hall–Kier alpha value is -0.340. The Kier molecular flexibility index (Phi) is 6.85. The van der Waals surface area contributed by atoms with E-state index in [0.717, 1.165) is 61.1 Å². The molecule has 0 aromatic rings. The lowest BCUT2D eigenvalue weighted by Crippen LogP contribution is -2.57. The van der Waals surface area contributed by atoms with E-state index in [0.29, 0.717) is 10.8 Å². The van der Waals surface area contributed by atoms with Gasteiger partial charge in [-0.2, -0.15) is 0 Å². The second-order valence-electron chi connectivity index (χ2n) is 14.5. The summed E-state index contributed by atoms with van der Waals surface area (Å²) in [7, 11) is 0. The zero-order valence-electron chi connectivity index (χ0n) is 23.6. The molecule has 2 heteroatoms. The molecule has 2 nitrogen and oxygen atoms in total. The minimum absolute atomic E-state index is 0.386. The highest BCUT2D eigenvalue weighted by molar-refractivity contribution is 5.27. The summed E-state index contributed by atoms with van der Waals surface area (Å²) in [6, 6.07) is 0. The topological polar surface area (TPSA) is 18.5 Å². The molecule has 0 unspecified atom stereocenters. The monoisotopic (exact) mass is 470 g/mol. The van der Waals surface area contributed by atoms with E-state index in [4.69, 9.17) is 9.47 Å². The van der Waals surface area contributed by atoms with E-state index in [9.17, 15) is 0 Å².